The summed E-state index contributed by atoms with van der Waals surface area (Å²) >= 11 is 0. The average Bonchev–Trinajstić information content (AvgIpc) is 2.84. The van der Waals surface area contributed by atoms with Gasteiger partial charge in [-0.1, -0.05) is 0 Å². The summed E-state index contributed by atoms with van der Waals surface area (Å²) in [5.74, 6) is -0.607. The lowest BCUT2D eigenvalue weighted by Crippen LogP contribution is -2.46. The lowest BCUT2D eigenvalue weighted by Gasteiger charge is -2.37. The van der Waals surface area contributed by atoms with Gasteiger partial charge in [-0.3, -0.25) is 9.69 Å². The third kappa shape index (κ3) is 3.35. The van der Waals surface area contributed by atoms with Crippen LogP contribution in [0.25, 0.3) is 11.0 Å². The summed E-state index contributed by atoms with van der Waals surface area (Å²) in [6.07, 6.45) is -2.98. The number of imidazole rings is 1. The number of alkyl halides is 3. The number of carboxylic acid groups (broad SMARTS) is 1. The number of hydrogen-bond acceptors (Lipinski definition) is 3. The fraction of sp³-hybridized carbons (Fsp3) is 0.529. The van der Waals surface area contributed by atoms with Crippen molar-refractivity contribution < 1.29 is 23.1 Å². The maximum absolute atomic E-state index is 12.9. The van der Waals surface area contributed by atoms with Crippen molar-refractivity contribution in [1.82, 2.24) is 14.5 Å². The number of carboxylic acids is 1. The van der Waals surface area contributed by atoms with E-state index in [-0.39, 0.29) is 6.04 Å². The molecule has 8 heteroatoms. The maximum atomic E-state index is 12.9. The second-order valence-electron chi connectivity index (χ2n) is 6.59. The van der Waals surface area contributed by atoms with Gasteiger partial charge in [-0.2, -0.15) is 13.2 Å². The first-order chi connectivity index (χ1) is 11.7. The Hall–Kier alpha value is -2.09. The van der Waals surface area contributed by atoms with Gasteiger partial charge in [-0.15, -0.1) is 0 Å². The van der Waals surface area contributed by atoms with Crippen LogP contribution in [-0.4, -0.2) is 38.1 Å². The molecule has 0 bridgehead atoms. The van der Waals surface area contributed by atoms with Gasteiger partial charge in [0.2, 0.25) is 0 Å². The van der Waals surface area contributed by atoms with Crippen LogP contribution >= 0.6 is 0 Å². The molecule has 1 aliphatic rings. The van der Waals surface area contributed by atoms with E-state index >= 15 is 0 Å². The van der Waals surface area contributed by atoms with E-state index in [9.17, 15) is 23.1 Å². The van der Waals surface area contributed by atoms with Gasteiger partial charge < -0.3 is 9.67 Å². The van der Waals surface area contributed by atoms with Gasteiger partial charge in [-0.05, 0) is 44.5 Å². The van der Waals surface area contributed by atoms with E-state index in [1.165, 1.54) is 6.07 Å². The normalized spacial score (nSPS) is 22.4. The molecule has 1 aromatic heterocycles. The Morgan fingerprint density at radius 1 is 1.40 bits per heavy atom. The molecule has 0 aliphatic carbocycles. The molecule has 2 atom stereocenters. The number of aliphatic carboxylic acids is 1. The molecule has 0 radical (unpaired) electrons. The molecule has 0 saturated carbocycles. The summed E-state index contributed by atoms with van der Waals surface area (Å²) < 4.78 is 40.4. The Bertz CT molecular complexity index is 800. The molecule has 136 valence electrons. The minimum absolute atomic E-state index is 0.142. The number of aryl methyl sites for hydroxylation is 1. The van der Waals surface area contributed by atoms with Crippen LogP contribution in [0.2, 0.25) is 0 Å². The molecular weight excluding hydrogens is 335 g/mol. The van der Waals surface area contributed by atoms with Gasteiger partial charge in [0.1, 0.15) is 5.82 Å². The second kappa shape index (κ2) is 6.33. The minimum atomic E-state index is -4.40. The lowest BCUT2D eigenvalue weighted by molar-refractivity contribution is -0.146. The summed E-state index contributed by atoms with van der Waals surface area (Å²) in [6, 6.07) is 3.39. The van der Waals surface area contributed by atoms with E-state index in [0.717, 1.165) is 25.1 Å². The molecule has 0 unspecified atom stereocenters. The van der Waals surface area contributed by atoms with E-state index in [1.807, 2.05) is 11.8 Å². The fourth-order valence-corrected chi connectivity index (χ4v) is 3.52. The van der Waals surface area contributed by atoms with Crippen LogP contribution in [-0.2, 0) is 24.6 Å². The molecule has 1 aliphatic heterocycles. The first kappa shape index (κ1) is 17.7. The molecule has 3 rings (SSSR count). The molecule has 1 saturated heterocycles. The van der Waals surface area contributed by atoms with Gasteiger partial charge in [0, 0.05) is 13.1 Å². The van der Waals surface area contributed by atoms with Crippen molar-refractivity contribution in [3.05, 3.63) is 29.6 Å². The molecule has 1 N–H and O–H groups in total. The Morgan fingerprint density at radius 3 is 2.76 bits per heavy atom. The maximum Gasteiger partial charge on any atom is 0.416 e. The third-order valence-electron chi connectivity index (χ3n) is 5.08. The van der Waals surface area contributed by atoms with Crippen LogP contribution in [0, 0.1) is 5.92 Å². The van der Waals surface area contributed by atoms with Crippen LogP contribution in [0.5, 0.6) is 0 Å². The highest BCUT2D eigenvalue weighted by Gasteiger charge is 2.34. The number of hydrogen-bond donors (Lipinski definition) is 1. The van der Waals surface area contributed by atoms with E-state index in [0.29, 0.717) is 29.8 Å². The minimum Gasteiger partial charge on any atom is -0.481 e. The lowest BCUT2D eigenvalue weighted by atomic mass is 9.90. The number of aromatic nitrogens is 2. The largest absolute Gasteiger partial charge is 0.481 e. The summed E-state index contributed by atoms with van der Waals surface area (Å²) in [5, 5.41) is 9.31. The predicted octanol–water partition coefficient (Wildman–Crippen LogP) is 3.28. The van der Waals surface area contributed by atoms with Crippen LogP contribution in [0.1, 0.15) is 31.2 Å². The number of rotatable bonds is 3. The molecule has 1 aromatic carbocycles. The van der Waals surface area contributed by atoms with Crippen molar-refractivity contribution in [2.24, 2.45) is 13.0 Å². The highest BCUT2D eigenvalue weighted by molar-refractivity contribution is 5.77. The molecule has 0 amide bonds. The zero-order valence-electron chi connectivity index (χ0n) is 14.0. The summed E-state index contributed by atoms with van der Waals surface area (Å²) in [5.41, 5.74) is 0.205. The SMILES string of the molecule is C[C@@H]1[C@H](C(=O)O)CCCN1Cc1nc2cc(C(F)(F)F)ccc2n1C. The second-order valence-corrected chi connectivity index (χ2v) is 6.59. The van der Waals surface area contributed by atoms with Crippen LogP contribution in [0.4, 0.5) is 13.2 Å². The highest BCUT2D eigenvalue weighted by Crippen LogP contribution is 2.32. The Balaban J connectivity index is 1.89. The van der Waals surface area contributed by atoms with Crippen molar-refractivity contribution >= 4 is 17.0 Å². The Kier molecular flexibility index (Phi) is 4.49. The number of nitrogens with zero attached hydrogens (tertiary/aromatic N) is 3. The van der Waals surface area contributed by atoms with Crippen LogP contribution in [0.3, 0.4) is 0 Å². The molecule has 1 fully saturated rings. The van der Waals surface area contributed by atoms with Gasteiger partial charge in [-0.25, -0.2) is 4.98 Å². The number of halogens is 3. The highest BCUT2D eigenvalue weighted by atomic mass is 19.4. The van der Waals surface area contributed by atoms with Crippen molar-refractivity contribution in [1.29, 1.82) is 0 Å². The van der Waals surface area contributed by atoms with Crippen molar-refractivity contribution in [2.45, 2.75) is 38.5 Å². The molecule has 25 heavy (non-hydrogen) atoms. The average molecular weight is 355 g/mol. The monoisotopic (exact) mass is 355 g/mol. The summed E-state index contributed by atoms with van der Waals surface area (Å²) in [7, 11) is 1.77. The third-order valence-corrected chi connectivity index (χ3v) is 5.08. The zero-order chi connectivity index (χ0) is 18.4. The van der Waals surface area contributed by atoms with Crippen molar-refractivity contribution in [3.8, 4) is 0 Å². The van der Waals surface area contributed by atoms with E-state index in [4.69, 9.17) is 0 Å². The quantitative estimate of drug-likeness (QED) is 0.918. The van der Waals surface area contributed by atoms with Crippen LogP contribution < -0.4 is 0 Å². The van der Waals surface area contributed by atoms with Gasteiger partial charge in [0.25, 0.3) is 0 Å². The number of benzene rings is 1. The Morgan fingerprint density at radius 2 is 2.12 bits per heavy atom. The number of piperidine rings is 1. The van der Waals surface area contributed by atoms with E-state index in [2.05, 4.69) is 4.98 Å². The smallest absolute Gasteiger partial charge is 0.416 e. The first-order valence-electron chi connectivity index (χ1n) is 8.18. The van der Waals surface area contributed by atoms with Gasteiger partial charge in [0.15, 0.2) is 0 Å². The van der Waals surface area contributed by atoms with Crippen LogP contribution in [0.15, 0.2) is 18.2 Å². The van der Waals surface area contributed by atoms with E-state index in [1.54, 1.807) is 11.6 Å². The molecular formula is C17H20F3N3O2. The summed E-state index contributed by atoms with van der Waals surface area (Å²) in [4.78, 5) is 17.7. The topological polar surface area (TPSA) is 58.4 Å². The van der Waals surface area contributed by atoms with Crippen molar-refractivity contribution in [2.75, 3.05) is 6.54 Å². The Labute approximate surface area is 143 Å². The number of fused-ring (bicyclic) bond motifs is 1. The number of likely N-dealkylation sites (tertiary alicyclic amines) is 1. The first-order valence-corrected chi connectivity index (χ1v) is 8.18. The molecule has 5 nitrogen and oxygen atoms in total. The van der Waals surface area contributed by atoms with Crippen molar-refractivity contribution in [3.63, 3.8) is 0 Å². The summed E-state index contributed by atoms with van der Waals surface area (Å²) in [6.45, 7) is 3.04. The number of carbonyl (C=O) groups is 1. The predicted molar refractivity (Wildman–Crippen MR) is 85.9 cm³/mol. The standard InChI is InChI=1S/C17H20F3N3O2/c1-10-12(16(24)25)4-3-7-23(10)9-15-21-13-8-11(17(18,19)20)5-6-14(13)22(15)2/h5-6,8,10,12H,3-4,7,9H2,1-2H3,(H,24,25)/t10-,12-/m1/s1. The fourth-order valence-electron chi connectivity index (χ4n) is 3.52. The van der Waals surface area contributed by atoms with Gasteiger partial charge >= 0.3 is 12.1 Å². The molecule has 2 aromatic rings. The molecule has 2 heterocycles. The van der Waals surface area contributed by atoms with Gasteiger partial charge in [0.05, 0.1) is 29.1 Å². The zero-order valence-corrected chi connectivity index (χ0v) is 14.0. The molecule has 0 spiro atoms. The van der Waals surface area contributed by atoms with E-state index < -0.39 is 23.6 Å².